The van der Waals surface area contributed by atoms with Gasteiger partial charge in [-0.1, -0.05) is 11.2 Å². The fraction of sp³-hybridized carbons (Fsp3) is 0.412. The summed E-state index contributed by atoms with van der Waals surface area (Å²) in [4.78, 5) is 24.4. The first-order valence-corrected chi connectivity index (χ1v) is 10.4. The first-order valence-electron chi connectivity index (χ1n) is 8.93. The molecule has 0 unspecified atom stereocenters. The van der Waals surface area contributed by atoms with E-state index in [-0.39, 0.29) is 36.0 Å². The summed E-state index contributed by atoms with van der Waals surface area (Å²) in [6, 6.07) is 5.19. The van der Waals surface area contributed by atoms with Crippen LogP contribution in [0.1, 0.15) is 17.9 Å². The SMILES string of the molecule is Cc1noc(C)c1S(=O)(=O)N1CCCN(C(=O)Nc2cccc([N+](=O)[O-])c2)CC1. The second-order valence-corrected chi connectivity index (χ2v) is 8.51. The third-order valence-electron chi connectivity index (χ3n) is 4.62. The molecule has 0 bridgehead atoms. The maximum absolute atomic E-state index is 13.0. The highest BCUT2D eigenvalue weighted by Crippen LogP contribution is 2.24. The molecule has 0 spiro atoms. The Morgan fingerprint density at radius 1 is 1.24 bits per heavy atom. The Labute approximate surface area is 167 Å². The summed E-state index contributed by atoms with van der Waals surface area (Å²) < 4.78 is 32.2. The summed E-state index contributed by atoms with van der Waals surface area (Å²) in [5.74, 6) is 0.229. The number of nitrogens with zero attached hydrogens (tertiary/aromatic N) is 4. The van der Waals surface area contributed by atoms with Crippen LogP contribution in [-0.4, -0.2) is 59.9 Å². The number of aryl methyl sites for hydroxylation is 2. The predicted molar refractivity (Wildman–Crippen MR) is 103 cm³/mol. The average molecular weight is 423 g/mol. The summed E-state index contributed by atoms with van der Waals surface area (Å²) in [5, 5.41) is 17.2. The number of nitro groups is 1. The van der Waals surface area contributed by atoms with Gasteiger partial charge in [0.2, 0.25) is 10.0 Å². The molecular weight excluding hydrogens is 402 g/mol. The number of hydrogen-bond acceptors (Lipinski definition) is 7. The standard InChI is InChI=1S/C17H21N5O6S/c1-12-16(13(2)28-19-12)29(26,27)21-8-4-7-20(9-10-21)17(23)18-14-5-3-6-15(11-14)22(24)25/h3,5-6,11H,4,7-10H2,1-2H3,(H,18,23). The summed E-state index contributed by atoms with van der Waals surface area (Å²) in [5.41, 5.74) is 0.469. The summed E-state index contributed by atoms with van der Waals surface area (Å²) >= 11 is 0. The quantitative estimate of drug-likeness (QED) is 0.587. The Kier molecular flexibility index (Phi) is 5.84. The molecule has 2 aromatic rings. The molecule has 1 N–H and O–H groups in total. The lowest BCUT2D eigenvalue weighted by Gasteiger charge is -2.22. The molecule has 1 aliphatic heterocycles. The largest absolute Gasteiger partial charge is 0.360 e. The number of nitrogens with one attached hydrogen (secondary N) is 1. The highest BCUT2D eigenvalue weighted by atomic mass is 32.2. The van der Waals surface area contributed by atoms with E-state index in [1.165, 1.54) is 27.4 Å². The lowest BCUT2D eigenvalue weighted by Crippen LogP contribution is -2.39. The van der Waals surface area contributed by atoms with Crippen molar-refractivity contribution < 1.29 is 22.7 Å². The highest BCUT2D eigenvalue weighted by Gasteiger charge is 2.32. The van der Waals surface area contributed by atoms with Crippen LogP contribution in [0.3, 0.4) is 0 Å². The number of rotatable bonds is 4. The van der Waals surface area contributed by atoms with Crippen LogP contribution in [0.4, 0.5) is 16.2 Å². The van der Waals surface area contributed by atoms with Crippen LogP contribution in [0.2, 0.25) is 0 Å². The number of non-ortho nitro benzene ring substituents is 1. The second kappa shape index (κ2) is 8.17. The van der Waals surface area contributed by atoms with E-state index >= 15 is 0 Å². The van der Waals surface area contributed by atoms with E-state index in [0.717, 1.165) is 0 Å². The van der Waals surface area contributed by atoms with Gasteiger partial charge in [0.15, 0.2) is 5.76 Å². The van der Waals surface area contributed by atoms with Crippen LogP contribution < -0.4 is 5.32 Å². The van der Waals surface area contributed by atoms with Crippen molar-refractivity contribution in [3.63, 3.8) is 0 Å². The number of amides is 2. The average Bonchev–Trinajstić information content (AvgIpc) is 2.86. The van der Waals surface area contributed by atoms with Crippen LogP contribution in [0.5, 0.6) is 0 Å². The van der Waals surface area contributed by atoms with E-state index in [4.69, 9.17) is 4.52 Å². The number of carbonyl (C=O) groups is 1. The third kappa shape index (κ3) is 4.38. The van der Waals surface area contributed by atoms with Gasteiger partial charge in [-0.15, -0.1) is 0 Å². The number of aromatic nitrogens is 1. The Balaban J connectivity index is 1.69. The minimum atomic E-state index is -3.78. The first kappa shape index (κ1) is 20.7. The van der Waals surface area contributed by atoms with Crippen LogP contribution in [0, 0.1) is 24.0 Å². The van der Waals surface area contributed by atoms with Crippen LogP contribution >= 0.6 is 0 Å². The Morgan fingerprint density at radius 3 is 2.66 bits per heavy atom. The molecule has 0 aliphatic carbocycles. The fourth-order valence-electron chi connectivity index (χ4n) is 3.21. The van der Waals surface area contributed by atoms with E-state index in [2.05, 4.69) is 10.5 Å². The molecule has 0 radical (unpaired) electrons. The molecule has 1 aliphatic rings. The number of nitro benzene ring substituents is 1. The Bertz CT molecular complexity index is 1020. The smallest absolute Gasteiger partial charge is 0.321 e. The lowest BCUT2D eigenvalue weighted by molar-refractivity contribution is -0.384. The van der Waals surface area contributed by atoms with Crippen molar-refractivity contribution in [2.24, 2.45) is 0 Å². The molecule has 0 atom stereocenters. The molecule has 3 rings (SSSR count). The summed E-state index contributed by atoms with van der Waals surface area (Å²) in [6.45, 7) is 4.03. The monoisotopic (exact) mass is 423 g/mol. The molecule has 29 heavy (non-hydrogen) atoms. The van der Waals surface area contributed by atoms with Gasteiger partial charge in [-0.05, 0) is 26.3 Å². The molecule has 1 saturated heterocycles. The van der Waals surface area contributed by atoms with E-state index < -0.39 is 21.0 Å². The van der Waals surface area contributed by atoms with Crippen molar-refractivity contribution in [3.8, 4) is 0 Å². The van der Waals surface area contributed by atoms with E-state index in [0.29, 0.717) is 24.3 Å². The van der Waals surface area contributed by atoms with Crippen molar-refractivity contribution in [3.05, 3.63) is 45.8 Å². The third-order valence-corrected chi connectivity index (χ3v) is 6.76. The molecule has 1 aromatic carbocycles. The van der Waals surface area contributed by atoms with Gasteiger partial charge in [-0.25, -0.2) is 13.2 Å². The normalized spacial score (nSPS) is 15.7. The van der Waals surface area contributed by atoms with Gasteiger partial charge in [0, 0.05) is 44.0 Å². The Hall–Kier alpha value is -2.99. The van der Waals surface area contributed by atoms with E-state index in [1.807, 2.05) is 0 Å². The van der Waals surface area contributed by atoms with Gasteiger partial charge in [-0.3, -0.25) is 10.1 Å². The van der Waals surface area contributed by atoms with Crippen molar-refractivity contribution in [2.75, 3.05) is 31.5 Å². The first-order chi connectivity index (χ1) is 13.7. The van der Waals surface area contributed by atoms with Gasteiger partial charge in [0.1, 0.15) is 10.6 Å². The van der Waals surface area contributed by atoms with Gasteiger partial charge in [-0.2, -0.15) is 4.31 Å². The molecule has 11 nitrogen and oxygen atoms in total. The molecule has 156 valence electrons. The molecule has 12 heteroatoms. The van der Waals surface area contributed by atoms with Crippen molar-refractivity contribution in [2.45, 2.75) is 25.2 Å². The maximum atomic E-state index is 13.0. The van der Waals surface area contributed by atoms with Crippen molar-refractivity contribution >= 4 is 27.4 Å². The molecular formula is C17H21N5O6S. The molecule has 2 amide bonds. The zero-order chi connectivity index (χ0) is 21.2. The predicted octanol–water partition coefficient (Wildman–Crippen LogP) is 2.13. The van der Waals surface area contributed by atoms with Crippen molar-refractivity contribution in [1.29, 1.82) is 0 Å². The molecule has 1 aromatic heterocycles. The topological polar surface area (TPSA) is 139 Å². The zero-order valence-corrected chi connectivity index (χ0v) is 16.8. The van der Waals surface area contributed by atoms with Gasteiger partial charge in [0.25, 0.3) is 5.69 Å². The highest BCUT2D eigenvalue weighted by molar-refractivity contribution is 7.89. The number of hydrogen-bond donors (Lipinski definition) is 1. The lowest BCUT2D eigenvalue weighted by atomic mass is 10.3. The van der Waals surface area contributed by atoms with Crippen molar-refractivity contribution in [1.82, 2.24) is 14.4 Å². The van der Waals surface area contributed by atoms with E-state index in [1.54, 1.807) is 19.9 Å². The minimum absolute atomic E-state index is 0.0620. The molecule has 2 heterocycles. The molecule has 1 fully saturated rings. The Morgan fingerprint density at radius 2 is 2.00 bits per heavy atom. The van der Waals surface area contributed by atoms with Crippen LogP contribution in [-0.2, 0) is 10.0 Å². The number of benzene rings is 1. The maximum Gasteiger partial charge on any atom is 0.321 e. The van der Waals surface area contributed by atoms with Crippen LogP contribution in [0.25, 0.3) is 0 Å². The summed E-state index contributed by atoms with van der Waals surface area (Å²) in [6.07, 6.45) is 0.449. The van der Waals surface area contributed by atoms with Gasteiger partial charge >= 0.3 is 6.03 Å². The zero-order valence-electron chi connectivity index (χ0n) is 16.0. The second-order valence-electron chi connectivity index (χ2n) is 6.64. The number of anilines is 1. The van der Waals surface area contributed by atoms with Gasteiger partial charge < -0.3 is 14.7 Å². The summed E-state index contributed by atoms with van der Waals surface area (Å²) in [7, 11) is -3.78. The minimum Gasteiger partial charge on any atom is -0.360 e. The fourth-order valence-corrected chi connectivity index (χ4v) is 4.97. The number of sulfonamides is 1. The number of carbonyl (C=O) groups excluding carboxylic acids is 1. The van der Waals surface area contributed by atoms with E-state index in [9.17, 15) is 23.3 Å². The van der Waals surface area contributed by atoms with Crippen LogP contribution in [0.15, 0.2) is 33.7 Å². The van der Waals surface area contributed by atoms with Gasteiger partial charge in [0.05, 0.1) is 4.92 Å². The molecule has 0 saturated carbocycles. The number of urea groups is 1.